The molecule has 4 nitrogen and oxygen atoms in total. The van der Waals surface area contributed by atoms with Gasteiger partial charge in [-0.15, -0.1) is 0 Å². The maximum Gasteiger partial charge on any atom is 0.417 e. The summed E-state index contributed by atoms with van der Waals surface area (Å²) in [5.74, 6) is 0. The lowest BCUT2D eigenvalue weighted by atomic mass is 10.0. The monoisotopic (exact) mass is 340 g/mol. The molecule has 0 unspecified atom stereocenters. The predicted molar refractivity (Wildman–Crippen MR) is 85.9 cm³/mol. The summed E-state index contributed by atoms with van der Waals surface area (Å²) < 4.78 is 40.7. The van der Waals surface area contributed by atoms with Crippen LogP contribution in [-0.4, -0.2) is 9.55 Å². The highest BCUT2D eigenvalue weighted by molar-refractivity contribution is 5.66. The van der Waals surface area contributed by atoms with Crippen molar-refractivity contribution in [1.82, 2.24) is 9.55 Å². The third kappa shape index (κ3) is 4.15. The van der Waals surface area contributed by atoms with Gasteiger partial charge in [0, 0.05) is 18.3 Å². The molecule has 1 aromatic heterocycles. The fraction of sp³-hybridized carbons (Fsp3) is 0.412. The van der Waals surface area contributed by atoms with Gasteiger partial charge in [-0.05, 0) is 12.5 Å². The van der Waals surface area contributed by atoms with Crippen LogP contribution in [0.3, 0.4) is 0 Å². The van der Waals surface area contributed by atoms with Crippen molar-refractivity contribution in [2.45, 2.75) is 45.3 Å². The Kier molecular flexibility index (Phi) is 5.64. The molecule has 0 aliphatic carbocycles. The Hall–Kier alpha value is -2.31. The number of nitrogens with zero attached hydrogens (tertiary/aromatic N) is 1. The van der Waals surface area contributed by atoms with E-state index in [1.54, 1.807) is 0 Å². The summed E-state index contributed by atoms with van der Waals surface area (Å²) in [5.41, 5.74) is -2.70. The molecule has 0 aliphatic heterocycles. The molecule has 0 saturated carbocycles. The molecule has 0 amide bonds. The van der Waals surface area contributed by atoms with Crippen LogP contribution in [0.4, 0.5) is 13.2 Å². The summed E-state index contributed by atoms with van der Waals surface area (Å²) >= 11 is 0. The Balaban J connectivity index is 2.45. The predicted octanol–water partition coefficient (Wildman–Crippen LogP) is 3.80. The third-order valence-electron chi connectivity index (χ3n) is 3.79. The highest BCUT2D eigenvalue weighted by atomic mass is 19.4. The number of nitrogens with one attached hydrogen (secondary N) is 1. The maximum absolute atomic E-state index is 13.2. The number of hydrogen-bond donors (Lipinski definition) is 1. The number of alkyl halides is 3. The highest BCUT2D eigenvalue weighted by Gasteiger charge is 2.34. The SMILES string of the molecule is CCCCCCn1cc(-c2ccccc2C(F)(F)F)c(=O)[nH]c1=O. The van der Waals surface area contributed by atoms with Gasteiger partial charge in [0.25, 0.3) is 5.56 Å². The Labute approximate surface area is 137 Å². The summed E-state index contributed by atoms with van der Waals surface area (Å²) in [5, 5.41) is 0. The lowest BCUT2D eigenvalue weighted by Crippen LogP contribution is -2.30. The molecule has 0 bridgehead atoms. The van der Waals surface area contributed by atoms with Crippen molar-refractivity contribution in [3.63, 3.8) is 0 Å². The first-order valence-corrected chi connectivity index (χ1v) is 7.85. The van der Waals surface area contributed by atoms with Gasteiger partial charge in [0.2, 0.25) is 0 Å². The number of hydrogen-bond acceptors (Lipinski definition) is 2. The quantitative estimate of drug-likeness (QED) is 0.813. The van der Waals surface area contributed by atoms with Gasteiger partial charge in [-0.2, -0.15) is 13.2 Å². The minimum Gasteiger partial charge on any atom is -0.300 e. The van der Waals surface area contributed by atoms with Crippen LogP contribution in [0.25, 0.3) is 11.1 Å². The van der Waals surface area contributed by atoms with Crippen molar-refractivity contribution in [2.24, 2.45) is 0 Å². The van der Waals surface area contributed by atoms with Crippen molar-refractivity contribution in [1.29, 1.82) is 0 Å². The molecule has 0 saturated heterocycles. The van der Waals surface area contributed by atoms with Gasteiger partial charge in [-0.25, -0.2) is 4.79 Å². The number of halogens is 3. The van der Waals surface area contributed by atoms with Crippen LogP contribution in [0.2, 0.25) is 0 Å². The molecule has 1 N–H and O–H groups in total. The first-order valence-electron chi connectivity index (χ1n) is 7.85. The van der Waals surface area contributed by atoms with Gasteiger partial charge in [0.05, 0.1) is 11.1 Å². The standard InChI is InChI=1S/C17H19F3N2O2/c1-2-3-4-7-10-22-11-13(15(23)21-16(22)24)12-8-5-6-9-14(12)17(18,19)20/h5-6,8-9,11H,2-4,7,10H2,1H3,(H,21,23,24). The van der Waals surface area contributed by atoms with Crippen LogP contribution in [-0.2, 0) is 12.7 Å². The fourth-order valence-corrected chi connectivity index (χ4v) is 2.54. The zero-order chi connectivity index (χ0) is 17.7. The molecule has 2 rings (SSSR count). The van der Waals surface area contributed by atoms with E-state index in [-0.39, 0.29) is 11.1 Å². The molecule has 24 heavy (non-hydrogen) atoms. The Morgan fingerprint density at radius 3 is 2.42 bits per heavy atom. The lowest BCUT2D eigenvalue weighted by molar-refractivity contribution is -0.137. The minimum atomic E-state index is -4.58. The van der Waals surface area contributed by atoms with Gasteiger partial charge in [-0.3, -0.25) is 14.3 Å². The van der Waals surface area contributed by atoms with Crippen LogP contribution in [0.5, 0.6) is 0 Å². The van der Waals surface area contributed by atoms with Crippen molar-refractivity contribution < 1.29 is 13.2 Å². The Morgan fingerprint density at radius 1 is 1.04 bits per heavy atom. The lowest BCUT2D eigenvalue weighted by Gasteiger charge is -2.13. The van der Waals surface area contributed by atoms with Crippen molar-refractivity contribution >= 4 is 0 Å². The minimum absolute atomic E-state index is 0.155. The topological polar surface area (TPSA) is 54.9 Å². The van der Waals surface area contributed by atoms with E-state index < -0.39 is 23.0 Å². The zero-order valence-electron chi connectivity index (χ0n) is 13.3. The smallest absolute Gasteiger partial charge is 0.300 e. The molecule has 0 aliphatic rings. The molecular formula is C17H19F3N2O2. The van der Waals surface area contributed by atoms with Crippen LogP contribution in [0.15, 0.2) is 40.1 Å². The van der Waals surface area contributed by atoms with E-state index in [9.17, 15) is 22.8 Å². The molecule has 0 atom stereocenters. The van der Waals surface area contributed by atoms with Crippen LogP contribution in [0.1, 0.15) is 38.2 Å². The Bertz CT molecular complexity index is 806. The molecule has 1 aromatic carbocycles. The number of aryl methyl sites for hydroxylation is 1. The third-order valence-corrected chi connectivity index (χ3v) is 3.79. The van der Waals surface area contributed by atoms with Crippen LogP contribution < -0.4 is 11.2 Å². The Morgan fingerprint density at radius 2 is 1.75 bits per heavy atom. The molecule has 0 radical (unpaired) electrons. The second-order valence-corrected chi connectivity index (χ2v) is 5.60. The first kappa shape index (κ1) is 18.0. The van der Waals surface area contributed by atoms with E-state index in [0.717, 1.165) is 31.7 Å². The van der Waals surface area contributed by atoms with E-state index in [0.29, 0.717) is 6.54 Å². The summed E-state index contributed by atoms with van der Waals surface area (Å²) in [6.07, 6.45) is 0.325. The van der Waals surface area contributed by atoms with Crippen molar-refractivity contribution in [2.75, 3.05) is 0 Å². The second-order valence-electron chi connectivity index (χ2n) is 5.60. The zero-order valence-corrected chi connectivity index (χ0v) is 13.3. The van der Waals surface area contributed by atoms with E-state index in [1.165, 1.54) is 29.0 Å². The van der Waals surface area contributed by atoms with Crippen LogP contribution in [0, 0.1) is 0 Å². The molecule has 1 heterocycles. The van der Waals surface area contributed by atoms with Gasteiger partial charge in [0.1, 0.15) is 0 Å². The van der Waals surface area contributed by atoms with Crippen LogP contribution >= 0.6 is 0 Å². The van der Waals surface area contributed by atoms with E-state index in [4.69, 9.17) is 0 Å². The number of benzene rings is 1. The van der Waals surface area contributed by atoms with E-state index >= 15 is 0 Å². The maximum atomic E-state index is 13.2. The summed E-state index contributed by atoms with van der Waals surface area (Å²) in [6, 6.07) is 4.85. The number of unbranched alkanes of at least 4 members (excludes halogenated alkanes) is 3. The van der Waals surface area contributed by atoms with Crippen molar-refractivity contribution in [3.05, 3.63) is 56.9 Å². The molecule has 7 heteroatoms. The molecule has 2 aromatic rings. The highest BCUT2D eigenvalue weighted by Crippen LogP contribution is 2.35. The summed E-state index contributed by atoms with van der Waals surface area (Å²) in [7, 11) is 0. The summed E-state index contributed by atoms with van der Waals surface area (Å²) in [4.78, 5) is 26.0. The second kappa shape index (κ2) is 7.51. The average molecular weight is 340 g/mol. The van der Waals surface area contributed by atoms with Gasteiger partial charge in [0.15, 0.2) is 0 Å². The number of H-pyrrole nitrogens is 1. The van der Waals surface area contributed by atoms with Gasteiger partial charge >= 0.3 is 11.9 Å². The van der Waals surface area contributed by atoms with Gasteiger partial charge in [-0.1, -0.05) is 44.4 Å². The molecule has 0 fully saturated rings. The van der Waals surface area contributed by atoms with Crippen molar-refractivity contribution in [3.8, 4) is 11.1 Å². The van der Waals surface area contributed by atoms with E-state index in [2.05, 4.69) is 11.9 Å². The molecule has 130 valence electrons. The largest absolute Gasteiger partial charge is 0.417 e. The number of rotatable bonds is 6. The normalized spacial score (nSPS) is 11.7. The first-order chi connectivity index (χ1) is 11.3. The fourth-order valence-electron chi connectivity index (χ4n) is 2.54. The number of aromatic amines is 1. The number of aromatic nitrogens is 2. The van der Waals surface area contributed by atoms with E-state index in [1.807, 2.05) is 0 Å². The van der Waals surface area contributed by atoms with Gasteiger partial charge < -0.3 is 0 Å². The average Bonchev–Trinajstić information content (AvgIpc) is 2.52. The molecule has 0 spiro atoms. The molecular weight excluding hydrogens is 321 g/mol. The summed E-state index contributed by atoms with van der Waals surface area (Å²) in [6.45, 7) is 2.41.